The van der Waals surface area contributed by atoms with E-state index < -0.39 is 0 Å². The van der Waals surface area contributed by atoms with Gasteiger partial charge in [0.1, 0.15) is 6.07 Å². The molecule has 6 rings (SSSR count). The van der Waals surface area contributed by atoms with Gasteiger partial charge in [0.2, 0.25) is 0 Å². The Kier molecular flexibility index (Phi) is 5.04. The molecule has 1 aromatic carbocycles. The number of halogens is 1. The number of carbonyl (C=O) groups excluding carboxylic acids is 1. The van der Waals surface area contributed by atoms with E-state index in [1.165, 1.54) is 0 Å². The van der Waals surface area contributed by atoms with Crippen LogP contribution in [0, 0.1) is 17.2 Å². The van der Waals surface area contributed by atoms with Crippen LogP contribution in [0.2, 0.25) is 5.02 Å². The van der Waals surface area contributed by atoms with E-state index >= 15 is 0 Å². The molecule has 0 radical (unpaired) electrons. The minimum Gasteiger partial charge on any atom is -0.348 e. The number of hydrogen-bond acceptors (Lipinski definition) is 4. The molecule has 0 unspecified atom stereocenters. The van der Waals surface area contributed by atoms with Gasteiger partial charge in [0.25, 0.3) is 0 Å². The van der Waals surface area contributed by atoms with Crippen molar-refractivity contribution in [1.82, 2.24) is 24.2 Å². The molecule has 1 fully saturated rings. The molecule has 9 heteroatoms. The van der Waals surface area contributed by atoms with Crippen LogP contribution < -0.4 is 4.90 Å². The van der Waals surface area contributed by atoms with E-state index in [1.54, 1.807) is 11.1 Å². The van der Waals surface area contributed by atoms with Crippen molar-refractivity contribution in [1.29, 1.82) is 5.26 Å². The summed E-state index contributed by atoms with van der Waals surface area (Å²) in [6, 6.07) is 11.9. The number of aryl methyl sites for hydroxylation is 1. The summed E-state index contributed by atoms with van der Waals surface area (Å²) in [5.74, 6) is 1.24. The van der Waals surface area contributed by atoms with Crippen LogP contribution in [-0.4, -0.2) is 43.9 Å². The number of fused-ring (bicyclic) bond motifs is 2. The van der Waals surface area contributed by atoms with Crippen molar-refractivity contribution >= 4 is 34.4 Å². The molecular weight excluding hydrogens is 462 g/mol. The molecule has 2 amide bonds. The predicted octanol–water partition coefficient (Wildman–Crippen LogP) is 4.79. The standard InChI is InChI=1S/C26H24ClN7O/c1-31-12-17(11-28)10-22(31)24-20-15-32(2)26(35)33(13-16-6-7-16)25(20)30-34(24)14-18-8-9-29-23-19(18)4-3-5-21(23)27/h3-5,8-10,12,16H,6-7,13-15H2,1-2H3. The van der Waals surface area contributed by atoms with E-state index in [1.807, 2.05) is 64.8 Å². The maximum Gasteiger partial charge on any atom is 0.325 e. The second kappa shape index (κ2) is 8.14. The van der Waals surface area contributed by atoms with E-state index in [-0.39, 0.29) is 6.03 Å². The fourth-order valence-corrected chi connectivity index (χ4v) is 5.16. The smallest absolute Gasteiger partial charge is 0.325 e. The number of para-hydroxylation sites is 1. The van der Waals surface area contributed by atoms with Gasteiger partial charge >= 0.3 is 6.03 Å². The third kappa shape index (κ3) is 3.63. The van der Waals surface area contributed by atoms with Crippen LogP contribution in [0.1, 0.15) is 29.5 Å². The van der Waals surface area contributed by atoms with Gasteiger partial charge in [-0.05, 0) is 42.5 Å². The zero-order valence-corrected chi connectivity index (χ0v) is 20.3. The van der Waals surface area contributed by atoms with E-state index in [9.17, 15) is 10.1 Å². The number of pyridine rings is 1. The monoisotopic (exact) mass is 485 g/mol. The molecule has 1 aliphatic carbocycles. The quantitative estimate of drug-likeness (QED) is 0.407. The summed E-state index contributed by atoms with van der Waals surface area (Å²) < 4.78 is 3.92. The first-order chi connectivity index (χ1) is 16.9. The molecular formula is C26H24ClN7O. The Labute approximate surface area is 207 Å². The molecule has 176 valence electrons. The van der Waals surface area contributed by atoms with Crippen LogP contribution in [0.25, 0.3) is 22.3 Å². The molecule has 2 aliphatic rings. The summed E-state index contributed by atoms with van der Waals surface area (Å²) in [5, 5.41) is 16.1. The minimum absolute atomic E-state index is 0.0219. The number of amides is 2. The lowest BCUT2D eigenvalue weighted by atomic mass is 10.1. The van der Waals surface area contributed by atoms with Crippen molar-refractivity contribution in [2.24, 2.45) is 13.0 Å². The van der Waals surface area contributed by atoms with Crippen molar-refractivity contribution in [2.75, 3.05) is 18.5 Å². The van der Waals surface area contributed by atoms with Crippen LogP contribution in [0.5, 0.6) is 0 Å². The summed E-state index contributed by atoms with van der Waals surface area (Å²) in [5.41, 5.74) is 5.16. The van der Waals surface area contributed by atoms with E-state index in [2.05, 4.69) is 11.1 Å². The molecule has 1 aliphatic heterocycles. The van der Waals surface area contributed by atoms with E-state index in [0.717, 1.165) is 46.3 Å². The van der Waals surface area contributed by atoms with Crippen LogP contribution in [-0.2, 0) is 20.1 Å². The lowest BCUT2D eigenvalue weighted by Crippen LogP contribution is -2.46. The lowest BCUT2D eigenvalue weighted by Gasteiger charge is -2.32. The van der Waals surface area contributed by atoms with Gasteiger partial charge in [0, 0.05) is 44.0 Å². The number of carbonyl (C=O) groups is 1. The third-order valence-corrected chi connectivity index (χ3v) is 7.19. The van der Waals surface area contributed by atoms with Gasteiger partial charge in [-0.1, -0.05) is 23.7 Å². The Morgan fingerprint density at radius 2 is 2.06 bits per heavy atom. The Morgan fingerprint density at radius 3 is 2.80 bits per heavy atom. The minimum atomic E-state index is -0.0219. The molecule has 3 aromatic heterocycles. The summed E-state index contributed by atoms with van der Waals surface area (Å²) in [6.45, 7) is 1.61. The summed E-state index contributed by atoms with van der Waals surface area (Å²) >= 11 is 6.42. The molecule has 1 saturated carbocycles. The van der Waals surface area contributed by atoms with Crippen molar-refractivity contribution in [3.05, 3.63) is 64.4 Å². The maximum absolute atomic E-state index is 13.1. The molecule has 0 atom stereocenters. The number of benzene rings is 1. The highest BCUT2D eigenvalue weighted by Crippen LogP contribution is 2.40. The third-order valence-electron chi connectivity index (χ3n) is 6.88. The number of anilines is 1. The number of hydrogen-bond donors (Lipinski definition) is 0. The van der Waals surface area contributed by atoms with Gasteiger partial charge in [-0.15, -0.1) is 0 Å². The van der Waals surface area contributed by atoms with Crippen LogP contribution >= 0.6 is 11.6 Å². The zero-order chi connectivity index (χ0) is 24.3. The molecule has 8 nitrogen and oxygen atoms in total. The number of nitrogens with zero attached hydrogens (tertiary/aromatic N) is 7. The highest BCUT2D eigenvalue weighted by atomic mass is 35.5. The van der Waals surface area contributed by atoms with E-state index in [4.69, 9.17) is 16.7 Å². The Balaban J connectivity index is 1.55. The summed E-state index contributed by atoms with van der Waals surface area (Å²) in [4.78, 5) is 21.2. The number of rotatable bonds is 5. The van der Waals surface area contributed by atoms with Gasteiger partial charge < -0.3 is 9.47 Å². The van der Waals surface area contributed by atoms with Crippen molar-refractivity contribution < 1.29 is 4.79 Å². The Hall–Kier alpha value is -3.83. The predicted molar refractivity (Wildman–Crippen MR) is 134 cm³/mol. The van der Waals surface area contributed by atoms with Gasteiger partial charge in [0.15, 0.2) is 5.82 Å². The van der Waals surface area contributed by atoms with Crippen LogP contribution in [0.15, 0.2) is 42.7 Å². The number of aromatic nitrogens is 4. The largest absolute Gasteiger partial charge is 0.348 e. The lowest BCUT2D eigenvalue weighted by molar-refractivity contribution is 0.210. The molecule has 4 aromatic rings. The van der Waals surface area contributed by atoms with Gasteiger partial charge in [-0.2, -0.15) is 10.4 Å². The maximum atomic E-state index is 13.1. The van der Waals surface area contributed by atoms with Crippen LogP contribution in [0.3, 0.4) is 0 Å². The van der Waals surface area contributed by atoms with Gasteiger partial charge in [-0.3, -0.25) is 14.6 Å². The Morgan fingerprint density at radius 1 is 1.23 bits per heavy atom. The molecule has 0 N–H and O–H groups in total. The molecule has 35 heavy (non-hydrogen) atoms. The molecule has 0 spiro atoms. The second-order valence-corrected chi connectivity index (χ2v) is 9.85. The van der Waals surface area contributed by atoms with Crippen molar-refractivity contribution in [3.63, 3.8) is 0 Å². The highest BCUT2D eigenvalue weighted by molar-refractivity contribution is 6.35. The topological polar surface area (TPSA) is 83.0 Å². The fraction of sp³-hybridized carbons (Fsp3) is 0.308. The zero-order valence-electron chi connectivity index (χ0n) is 19.6. The van der Waals surface area contributed by atoms with Crippen LogP contribution in [0.4, 0.5) is 10.6 Å². The van der Waals surface area contributed by atoms with Gasteiger partial charge in [0.05, 0.1) is 40.6 Å². The highest BCUT2D eigenvalue weighted by Gasteiger charge is 2.38. The number of urea groups is 1. The first-order valence-electron chi connectivity index (χ1n) is 11.7. The van der Waals surface area contributed by atoms with Gasteiger partial charge in [-0.25, -0.2) is 4.79 Å². The second-order valence-electron chi connectivity index (χ2n) is 9.44. The fourth-order valence-electron chi connectivity index (χ4n) is 4.93. The summed E-state index contributed by atoms with van der Waals surface area (Å²) in [6.07, 6.45) is 5.87. The number of nitriles is 1. The molecule has 4 heterocycles. The summed E-state index contributed by atoms with van der Waals surface area (Å²) in [7, 11) is 3.76. The average Bonchev–Trinajstić information content (AvgIpc) is 3.50. The molecule has 0 saturated heterocycles. The average molecular weight is 486 g/mol. The first kappa shape index (κ1) is 21.7. The normalized spacial score (nSPS) is 15.5. The SMILES string of the molecule is CN1Cc2c(nn(Cc3ccnc4c(Cl)cccc34)c2-c2cc(C#N)cn2C)N(CC2CC2)C1=O. The first-order valence-corrected chi connectivity index (χ1v) is 12.0. The van der Waals surface area contributed by atoms with Crippen molar-refractivity contribution in [3.8, 4) is 17.5 Å². The van der Waals surface area contributed by atoms with Crippen molar-refractivity contribution in [2.45, 2.75) is 25.9 Å². The van der Waals surface area contributed by atoms with E-state index in [0.29, 0.717) is 42.0 Å². The Bertz CT molecular complexity index is 1520. The molecule has 0 bridgehead atoms.